The van der Waals surface area contributed by atoms with Crippen LogP contribution in [0.1, 0.15) is 46.7 Å². The summed E-state index contributed by atoms with van der Waals surface area (Å²) < 4.78 is 37.8. The number of hydrogen-bond acceptors (Lipinski definition) is 8. The molecule has 0 unspecified atom stereocenters. The third-order valence-electron chi connectivity index (χ3n) is 7.02. The van der Waals surface area contributed by atoms with Crippen LogP contribution >= 0.6 is 22.9 Å². The van der Waals surface area contributed by atoms with Gasteiger partial charge >= 0.3 is 0 Å². The molecule has 40 heavy (non-hydrogen) atoms. The normalized spacial score (nSPS) is 16.9. The molecule has 1 aliphatic rings. The first-order valence-corrected chi connectivity index (χ1v) is 16.1. The topological polar surface area (TPSA) is 117 Å². The number of hydrogen-bond donors (Lipinski definition) is 1. The van der Waals surface area contributed by atoms with Gasteiger partial charge in [0.25, 0.3) is 5.91 Å². The smallest absolute Gasteiger partial charge is 0.262 e. The average Bonchev–Trinajstić information content (AvgIpc) is 3.60. The van der Waals surface area contributed by atoms with Crippen molar-refractivity contribution in [2.24, 2.45) is 5.73 Å². The number of nitrogens with zero attached hydrogens (tertiary/aromatic N) is 3. The fourth-order valence-electron chi connectivity index (χ4n) is 4.94. The molecule has 0 saturated carbocycles. The predicted octanol–water partition coefficient (Wildman–Crippen LogP) is 5.00. The monoisotopic (exact) mass is 602 g/mol. The van der Waals surface area contributed by atoms with Crippen molar-refractivity contribution in [1.29, 1.82) is 0 Å². The molecule has 5 rings (SSSR count). The molecule has 1 saturated heterocycles. The molecule has 1 aliphatic heterocycles. The van der Waals surface area contributed by atoms with Gasteiger partial charge in [0.05, 0.1) is 21.8 Å². The molecule has 2 atom stereocenters. The van der Waals surface area contributed by atoms with Gasteiger partial charge in [-0.05, 0) is 57.1 Å². The van der Waals surface area contributed by atoms with Crippen molar-refractivity contribution in [3.63, 3.8) is 0 Å². The first-order chi connectivity index (χ1) is 19.0. The average molecular weight is 603 g/mol. The maximum Gasteiger partial charge on any atom is 0.262 e. The van der Waals surface area contributed by atoms with Gasteiger partial charge in [-0.3, -0.25) is 9.36 Å². The Hall–Kier alpha value is -3.12. The van der Waals surface area contributed by atoms with E-state index in [-0.39, 0.29) is 10.6 Å². The molecule has 3 heterocycles. The van der Waals surface area contributed by atoms with Crippen molar-refractivity contribution in [3.8, 4) is 16.5 Å². The number of benzene rings is 2. The zero-order valence-corrected chi connectivity index (χ0v) is 24.9. The second kappa shape index (κ2) is 11.4. The van der Waals surface area contributed by atoms with Gasteiger partial charge in [0.15, 0.2) is 9.84 Å². The number of aromatic nitrogens is 2. The number of amides is 1. The fourth-order valence-corrected chi connectivity index (χ4v) is 6.99. The lowest BCUT2D eigenvalue weighted by Crippen LogP contribution is -2.30. The number of fused-ring (bicyclic) bond motifs is 1. The summed E-state index contributed by atoms with van der Waals surface area (Å²) in [5.41, 5.74) is 8.48. The molecular weight excluding hydrogens is 572 g/mol. The van der Waals surface area contributed by atoms with E-state index in [4.69, 9.17) is 26.8 Å². The highest BCUT2D eigenvalue weighted by atomic mass is 35.5. The maximum atomic E-state index is 12.4. The highest BCUT2D eigenvalue weighted by molar-refractivity contribution is 7.89. The number of imidazole rings is 1. The van der Waals surface area contributed by atoms with Gasteiger partial charge in [-0.1, -0.05) is 29.8 Å². The van der Waals surface area contributed by atoms with Crippen LogP contribution in [0.3, 0.4) is 0 Å². The highest BCUT2D eigenvalue weighted by Crippen LogP contribution is 2.39. The summed E-state index contributed by atoms with van der Waals surface area (Å²) in [7, 11) is -1.11. The number of carbonyl (C=O) groups excluding carboxylic acids is 1. The summed E-state index contributed by atoms with van der Waals surface area (Å²) in [4.78, 5) is 19.3. The zero-order chi connectivity index (χ0) is 28.6. The van der Waals surface area contributed by atoms with Gasteiger partial charge in [0.1, 0.15) is 40.4 Å². The molecule has 0 radical (unpaired) electrons. The van der Waals surface area contributed by atoms with Crippen LogP contribution < -0.4 is 15.2 Å². The molecule has 9 nitrogen and oxygen atoms in total. The van der Waals surface area contributed by atoms with Gasteiger partial charge in [-0.2, -0.15) is 0 Å². The number of nitrogens with two attached hydrogens (primary N) is 1. The zero-order valence-electron chi connectivity index (χ0n) is 22.5. The number of halogens is 1. The van der Waals surface area contributed by atoms with E-state index < -0.39 is 21.8 Å². The molecule has 1 fully saturated rings. The molecular formula is C28H31ClN4O5S2. The summed E-state index contributed by atoms with van der Waals surface area (Å²) in [6, 6.07) is 13.0. The van der Waals surface area contributed by atoms with E-state index in [9.17, 15) is 13.2 Å². The molecule has 1 amide bonds. The lowest BCUT2D eigenvalue weighted by molar-refractivity contribution is 0.0998. The minimum Gasteiger partial charge on any atom is -0.490 e. The number of thiophene rings is 1. The molecule has 2 N–H and O–H groups in total. The highest BCUT2D eigenvalue weighted by Gasteiger charge is 2.24. The Kier molecular flexibility index (Phi) is 8.10. The van der Waals surface area contributed by atoms with Crippen molar-refractivity contribution >= 4 is 49.7 Å². The van der Waals surface area contributed by atoms with Crippen LogP contribution in [0.4, 0.5) is 0 Å². The van der Waals surface area contributed by atoms with Crippen LogP contribution in [0.5, 0.6) is 11.5 Å². The lowest BCUT2D eigenvalue weighted by Gasteiger charge is -2.21. The number of likely N-dealkylation sites (tertiary alicyclic amines) is 1. The fraction of sp³-hybridized carbons (Fsp3) is 0.357. The minimum atomic E-state index is -3.21. The number of primary amides is 1. The number of ether oxygens (including phenoxy) is 2. The first-order valence-electron chi connectivity index (χ1n) is 12.9. The molecule has 0 aliphatic carbocycles. The van der Waals surface area contributed by atoms with E-state index in [0.717, 1.165) is 24.9 Å². The van der Waals surface area contributed by atoms with Crippen molar-refractivity contribution in [3.05, 3.63) is 69.8 Å². The lowest BCUT2D eigenvalue weighted by atomic mass is 10.1. The summed E-state index contributed by atoms with van der Waals surface area (Å²) in [6.45, 7) is 3.47. The Labute approximate surface area is 242 Å². The molecule has 12 heteroatoms. The first kappa shape index (κ1) is 28.4. The van der Waals surface area contributed by atoms with Crippen molar-refractivity contribution < 1.29 is 22.7 Å². The summed E-state index contributed by atoms with van der Waals surface area (Å²) in [5.74, 6) is 0.206. The molecule has 2 aromatic heterocycles. The SMILES string of the molecule is C[C@@H](Oc1cc(-n2cnc3ccc(CS(C)(=O)=O)cc32)sc1C(N)=O)c1cccc(OC[C@@H]2CCCN2C)c1Cl. The quantitative estimate of drug-likeness (QED) is 0.271. The third-order valence-corrected chi connectivity index (χ3v) is 9.42. The predicted molar refractivity (Wildman–Crippen MR) is 158 cm³/mol. The largest absolute Gasteiger partial charge is 0.490 e. The van der Waals surface area contributed by atoms with Gasteiger partial charge in [-0.15, -0.1) is 11.3 Å². The van der Waals surface area contributed by atoms with Crippen molar-refractivity contribution in [2.45, 2.75) is 37.7 Å². The van der Waals surface area contributed by atoms with E-state index in [1.807, 2.05) is 25.1 Å². The number of likely N-dealkylation sites (N-methyl/N-ethyl adjacent to an activating group) is 1. The second-order valence-corrected chi connectivity index (χ2v) is 13.7. The third kappa shape index (κ3) is 6.12. The Morgan fingerprint density at radius 3 is 2.75 bits per heavy atom. The molecule has 0 bridgehead atoms. The second-order valence-electron chi connectivity index (χ2n) is 10.2. The molecule has 0 spiro atoms. The summed E-state index contributed by atoms with van der Waals surface area (Å²) in [6.07, 6.45) is 4.56. The van der Waals surface area contributed by atoms with Crippen LogP contribution in [0.15, 0.2) is 48.8 Å². The number of carbonyl (C=O) groups is 1. The van der Waals surface area contributed by atoms with Crippen LogP contribution in [-0.2, 0) is 15.6 Å². The van der Waals surface area contributed by atoms with Gasteiger partial charge in [0, 0.05) is 23.9 Å². The summed E-state index contributed by atoms with van der Waals surface area (Å²) in [5, 5.41) is 1.12. The Morgan fingerprint density at radius 1 is 1.25 bits per heavy atom. The van der Waals surface area contributed by atoms with Crippen LogP contribution in [-0.4, -0.2) is 61.3 Å². The Morgan fingerprint density at radius 2 is 2.05 bits per heavy atom. The van der Waals surface area contributed by atoms with E-state index in [1.165, 1.54) is 17.6 Å². The maximum absolute atomic E-state index is 12.4. The van der Waals surface area contributed by atoms with Crippen molar-refractivity contribution in [2.75, 3.05) is 26.5 Å². The molecule has 212 valence electrons. The Bertz CT molecular complexity index is 1670. The Balaban J connectivity index is 1.41. The van der Waals surface area contributed by atoms with Gasteiger partial charge < -0.3 is 20.1 Å². The minimum absolute atomic E-state index is 0.0854. The van der Waals surface area contributed by atoms with Crippen LogP contribution in [0.25, 0.3) is 16.0 Å². The van der Waals surface area contributed by atoms with E-state index in [2.05, 4.69) is 16.9 Å². The van der Waals surface area contributed by atoms with Crippen LogP contribution in [0, 0.1) is 0 Å². The van der Waals surface area contributed by atoms with E-state index >= 15 is 0 Å². The summed E-state index contributed by atoms with van der Waals surface area (Å²) >= 11 is 7.91. The number of sulfone groups is 1. The molecule has 4 aromatic rings. The standard InChI is InChI=1S/C28H31ClN4O5S2/c1-17(20-7-4-8-23(26(20)29)37-14-19-6-5-11-32(19)2)38-24-13-25(39-27(24)28(30)34)33-16-31-21-10-9-18(12-22(21)33)15-40(3,35)36/h4,7-10,12-13,16-17,19H,5-6,11,14-15H2,1-3H3,(H2,30,34)/t17-,19+/m1/s1. The van der Waals surface area contributed by atoms with E-state index in [0.29, 0.717) is 50.8 Å². The van der Waals surface area contributed by atoms with Gasteiger partial charge in [0.2, 0.25) is 0 Å². The van der Waals surface area contributed by atoms with Gasteiger partial charge in [-0.25, -0.2) is 13.4 Å². The number of rotatable bonds is 10. The van der Waals surface area contributed by atoms with E-state index in [1.54, 1.807) is 35.2 Å². The van der Waals surface area contributed by atoms with Crippen LogP contribution in [0.2, 0.25) is 5.02 Å². The van der Waals surface area contributed by atoms with Crippen molar-refractivity contribution in [1.82, 2.24) is 14.5 Å². The molecule has 2 aromatic carbocycles.